The molecule has 6 N–H and O–H groups in total. The Balaban J connectivity index is 1.74. The van der Waals surface area contributed by atoms with E-state index < -0.39 is 11.9 Å². The number of urea groups is 1. The zero-order valence-corrected chi connectivity index (χ0v) is 15.6. The summed E-state index contributed by atoms with van der Waals surface area (Å²) in [6, 6.07) is 0.732. The Morgan fingerprint density at radius 1 is 1.22 bits per heavy atom. The van der Waals surface area contributed by atoms with Crippen molar-refractivity contribution in [1.29, 1.82) is 0 Å². The summed E-state index contributed by atoms with van der Waals surface area (Å²) >= 11 is 0. The van der Waals surface area contributed by atoms with Crippen LogP contribution in [0.25, 0.3) is 0 Å². The minimum atomic E-state index is -0.867. The maximum atomic E-state index is 12.1. The van der Waals surface area contributed by atoms with Gasteiger partial charge in [0, 0.05) is 32.3 Å². The van der Waals surface area contributed by atoms with Gasteiger partial charge in [-0.2, -0.15) is 0 Å². The maximum Gasteiger partial charge on any atom is 0.315 e. The van der Waals surface area contributed by atoms with Crippen molar-refractivity contribution in [2.45, 2.75) is 57.7 Å². The van der Waals surface area contributed by atoms with Gasteiger partial charge < -0.3 is 27.0 Å². The van der Waals surface area contributed by atoms with Gasteiger partial charge in [-0.1, -0.05) is 19.3 Å². The molecule has 0 spiro atoms. The Morgan fingerprint density at radius 3 is 2.67 bits per heavy atom. The number of amides is 4. The number of hydrogen-bond donors (Lipinski definition) is 5. The monoisotopic (exact) mass is 376 g/mol. The van der Waals surface area contributed by atoms with Crippen LogP contribution in [0.4, 0.5) is 10.5 Å². The average molecular weight is 376 g/mol. The first-order valence-electron chi connectivity index (χ1n) is 9.24. The predicted molar refractivity (Wildman–Crippen MR) is 102 cm³/mol. The molecule has 27 heavy (non-hydrogen) atoms. The molecule has 1 aromatic heterocycles. The third-order valence-corrected chi connectivity index (χ3v) is 4.43. The first-order chi connectivity index (χ1) is 13.0. The van der Waals surface area contributed by atoms with Crippen molar-refractivity contribution in [3.05, 3.63) is 24.0 Å². The van der Waals surface area contributed by atoms with Gasteiger partial charge in [0.05, 0.1) is 11.9 Å². The third kappa shape index (κ3) is 7.22. The molecule has 0 saturated heterocycles. The van der Waals surface area contributed by atoms with E-state index in [1.54, 1.807) is 12.3 Å². The number of carbonyl (C=O) groups excluding carboxylic acids is 3. The number of anilines is 1. The number of nitrogens with two attached hydrogens (primary N) is 1. The van der Waals surface area contributed by atoms with Crippen LogP contribution in [0.3, 0.4) is 0 Å². The Morgan fingerprint density at radius 2 is 1.96 bits per heavy atom. The van der Waals surface area contributed by atoms with E-state index in [0.717, 1.165) is 25.7 Å². The average Bonchev–Trinajstić information content (AvgIpc) is 2.65. The minimum absolute atomic E-state index is 0.0410. The van der Waals surface area contributed by atoms with Crippen molar-refractivity contribution in [3.63, 3.8) is 0 Å². The first-order valence-corrected chi connectivity index (χ1v) is 9.24. The Kier molecular flexibility index (Phi) is 8.00. The molecule has 9 nitrogen and oxygen atoms in total. The summed E-state index contributed by atoms with van der Waals surface area (Å²) in [5.74, 6) is -0.612. The summed E-state index contributed by atoms with van der Waals surface area (Å²) in [6.45, 7) is 1.63. The van der Waals surface area contributed by atoms with Gasteiger partial charge in [0.15, 0.2) is 0 Å². The van der Waals surface area contributed by atoms with Crippen molar-refractivity contribution in [3.8, 4) is 0 Å². The molecule has 1 saturated carbocycles. The molecule has 4 amide bonds. The number of nitrogens with one attached hydrogen (secondary N) is 4. The predicted octanol–water partition coefficient (Wildman–Crippen LogP) is 0.615. The summed E-state index contributed by atoms with van der Waals surface area (Å²) in [6.07, 6.45) is 8.53. The number of carbonyl (C=O) groups is 3. The lowest BCUT2D eigenvalue weighted by Crippen LogP contribution is -2.51. The van der Waals surface area contributed by atoms with Crippen molar-refractivity contribution in [2.24, 2.45) is 5.73 Å². The van der Waals surface area contributed by atoms with E-state index >= 15 is 0 Å². The molecule has 148 valence electrons. The van der Waals surface area contributed by atoms with E-state index in [9.17, 15) is 14.4 Å². The molecule has 1 unspecified atom stereocenters. The molecule has 1 aliphatic carbocycles. The maximum absolute atomic E-state index is 12.1. The van der Waals surface area contributed by atoms with Crippen molar-refractivity contribution >= 4 is 23.5 Å². The van der Waals surface area contributed by atoms with Gasteiger partial charge in [-0.15, -0.1) is 0 Å². The largest absolute Gasteiger partial charge is 0.351 e. The fourth-order valence-corrected chi connectivity index (χ4v) is 2.97. The lowest BCUT2D eigenvalue weighted by molar-refractivity contribution is -0.122. The van der Waals surface area contributed by atoms with Crippen LogP contribution in [0.5, 0.6) is 0 Å². The van der Waals surface area contributed by atoms with Gasteiger partial charge >= 0.3 is 6.03 Å². The van der Waals surface area contributed by atoms with Crippen LogP contribution in [0.1, 0.15) is 44.6 Å². The summed E-state index contributed by atoms with van der Waals surface area (Å²) < 4.78 is 0. The number of nitrogens with zero attached hydrogens (tertiary/aromatic N) is 1. The molecule has 0 radical (unpaired) electrons. The van der Waals surface area contributed by atoms with Gasteiger partial charge in [-0.3, -0.25) is 14.6 Å². The molecule has 9 heteroatoms. The number of hydrogen-bond acceptors (Lipinski definition) is 5. The summed E-state index contributed by atoms with van der Waals surface area (Å²) in [4.78, 5) is 39.2. The van der Waals surface area contributed by atoms with E-state index in [0.29, 0.717) is 11.3 Å². The van der Waals surface area contributed by atoms with E-state index in [2.05, 4.69) is 26.3 Å². The zero-order valence-electron chi connectivity index (χ0n) is 15.6. The molecule has 1 aromatic rings. The van der Waals surface area contributed by atoms with Crippen LogP contribution in [-0.2, 0) is 16.1 Å². The van der Waals surface area contributed by atoms with Gasteiger partial charge in [0.25, 0.3) is 0 Å². The van der Waals surface area contributed by atoms with E-state index in [-0.39, 0.29) is 31.1 Å². The quantitative estimate of drug-likeness (QED) is 0.475. The lowest BCUT2D eigenvalue weighted by Gasteiger charge is -2.23. The molecular weight excluding hydrogens is 348 g/mol. The highest BCUT2D eigenvalue weighted by Gasteiger charge is 2.18. The van der Waals surface area contributed by atoms with Crippen LogP contribution in [0.15, 0.2) is 18.5 Å². The smallest absolute Gasteiger partial charge is 0.315 e. The van der Waals surface area contributed by atoms with Crippen LogP contribution in [0.2, 0.25) is 0 Å². The fraction of sp³-hybridized carbons (Fsp3) is 0.556. The highest BCUT2D eigenvalue weighted by molar-refractivity contribution is 5.89. The normalized spacial score (nSPS) is 15.5. The Bertz CT molecular complexity index is 660. The van der Waals surface area contributed by atoms with Crippen molar-refractivity contribution in [1.82, 2.24) is 20.9 Å². The summed E-state index contributed by atoms with van der Waals surface area (Å²) in [7, 11) is 0. The third-order valence-electron chi connectivity index (χ3n) is 4.43. The molecule has 1 heterocycles. The molecule has 0 bridgehead atoms. The van der Waals surface area contributed by atoms with Gasteiger partial charge in [0.1, 0.15) is 6.04 Å². The highest BCUT2D eigenvalue weighted by Crippen LogP contribution is 2.17. The van der Waals surface area contributed by atoms with Crippen molar-refractivity contribution in [2.75, 3.05) is 11.9 Å². The summed E-state index contributed by atoms with van der Waals surface area (Å²) in [5.41, 5.74) is 7.09. The Hall–Kier alpha value is -2.68. The lowest BCUT2D eigenvalue weighted by atomic mass is 9.96. The van der Waals surface area contributed by atoms with Gasteiger partial charge in [-0.25, -0.2) is 4.79 Å². The molecule has 1 fully saturated rings. The Labute approximate surface area is 158 Å². The van der Waals surface area contributed by atoms with Crippen LogP contribution in [-0.4, -0.2) is 41.5 Å². The van der Waals surface area contributed by atoms with E-state index in [1.165, 1.54) is 19.5 Å². The topological polar surface area (TPSA) is 138 Å². The second-order valence-electron chi connectivity index (χ2n) is 6.73. The van der Waals surface area contributed by atoms with Gasteiger partial charge in [0.2, 0.25) is 11.8 Å². The first kappa shape index (κ1) is 20.6. The number of rotatable bonds is 7. The zero-order chi connectivity index (χ0) is 19.6. The molecular formula is C18H28N6O3. The number of pyridine rings is 1. The second-order valence-corrected chi connectivity index (χ2v) is 6.73. The fourth-order valence-electron chi connectivity index (χ4n) is 2.97. The molecule has 2 rings (SSSR count). The van der Waals surface area contributed by atoms with E-state index in [4.69, 9.17) is 5.73 Å². The molecule has 0 aromatic carbocycles. The van der Waals surface area contributed by atoms with Gasteiger partial charge in [-0.05, 0) is 24.5 Å². The summed E-state index contributed by atoms with van der Waals surface area (Å²) in [5, 5.41) is 10.9. The van der Waals surface area contributed by atoms with Crippen LogP contribution >= 0.6 is 0 Å². The minimum Gasteiger partial charge on any atom is -0.351 e. The number of aromatic nitrogens is 1. The van der Waals surface area contributed by atoms with E-state index in [1.807, 2.05) is 0 Å². The molecule has 1 aliphatic rings. The molecule has 0 aliphatic heterocycles. The molecule has 1 atom stereocenters. The van der Waals surface area contributed by atoms with Crippen LogP contribution in [0, 0.1) is 0 Å². The standard InChI is InChI=1S/C18H28N6O3/c1-12(25)23-16-11-20-8-7-13(16)9-21-17(26)15(19)10-22-18(27)24-14-5-3-2-4-6-14/h7-8,11,14-15H,2-6,9-10,19H2,1H3,(H,21,26)(H,23,25)(H2,22,24,27). The SMILES string of the molecule is CC(=O)Nc1cnccc1CNC(=O)C(N)CNC(=O)NC1CCCCC1. The van der Waals surface area contributed by atoms with Crippen molar-refractivity contribution < 1.29 is 14.4 Å². The highest BCUT2D eigenvalue weighted by atomic mass is 16.2. The van der Waals surface area contributed by atoms with Crippen LogP contribution < -0.4 is 27.0 Å². The second kappa shape index (κ2) is 10.5.